The van der Waals surface area contributed by atoms with Gasteiger partial charge in [0.2, 0.25) is 0 Å². The maximum absolute atomic E-state index is 12.3. The minimum absolute atomic E-state index is 0.0980. The summed E-state index contributed by atoms with van der Waals surface area (Å²) in [5, 5.41) is 11.5. The number of piperazine rings is 1. The third-order valence-electron chi connectivity index (χ3n) is 4.84. The first-order valence-electron chi connectivity index (χ1n) is 8.89. The van der Waals surface area contributed by atoms with Crippen LogP contribution in [0.25, 0.3) is 5.65 Å². The molecular formula is C19H18ClN5O3. The molecule has 0 N–H and O–H groups in total. The summed E-state index contributed by atoms with van der Waals surface area (Å²) in [5.41, 5.74) is 2.09. The fraction of sp³-hybridized carbons (Fsp3) is 0.263. The lowest BCUT2D eigenvalue weighted by Gasteiger charge is -2.35. The maximum atomic E-state index is 12.3. The molecule has 0 amide bonds. The lowest BCUT2D eigenvalue weighted by atomic mass is 10.2. The average Bonchev–Trinajstić information content (AvgIpc) is 2.69. The van der Waals surface area contributed by atoms with Crippen molar-refractivity contribution in [3.8, 4) is 0 Å². The van der Waals surface area contributed by atoms with Gasteiger partial charge in [-0.3, -0.25) is 24.2 Å². The number of anilines is 1. The molecule has 0 spiro atoms. The molecular weight excluding hydrogens is 382 g/mol. The monoisotopic (exact) mass is 399 g/mol. The number of nitro benzene ring substituents is 1. The number of halogens is 1. The van der Waals surface area contributed by atoms with Crippen molar-refractivity contribution in [2.45, 2.75) is 6.54 Å². The smallest absolute Gasteiger partial charge is 0.271 e. The molecule has 1 aliphatic heterocycles. The van der Waals surface area contributed by atoms with Gasteiger partial charge in [0.15, 0.2) is 0 Å². The molecule has 1 saturated heterocycles. The van der Waals surface area contributed by atoms with Gasteiger partial charge in [-0.25, -0.2) is 4.98 Å². The predicted molar refractivity (Wildman–Crippen MR) is 107 cm³/mol. The number of hydrogen-bond acceptors (Lipinski definition) is 6. The van der Waals surface area contributed by atoms with E-state index in [4.69, 9.17) is 11.6 Å². The molecule has 0 unspecified atom stereocenters. The fourth-order valence-corrected chi connectivity index (χ4v) is 3.56. The molecule has 0 radical (unpaired) electrons. The number of benzene rings is 1. The summed E-state index contributed by atoms with van der Waals surface area (Å²) in [7, 11) is 0. The van der Waals surface area contributed by atoms with Gasteiger partial charge in [-0.05, 0) is 18.2 Å². The van der Waals surface area contributed by atoms with Crippen LogP contribution in [0, 0.1) is 10.1 Å². The summed E-state index contributed by atoms with van der Waals surface area (Å²) in [4.78, 5) is 31.8. The zero-order valence-corrected chi connectivity index (χ0v) is 15.7. The summed E-state index contributed by atoms with van der Waals surface area (Å²) in [6, 6.07) is 11.7. The Morgan fingerprint density at radius 1 is 1.11 bits per heavy atom. The first kappa shape index (κ1) is 18.4. The largest absolute Gasteiger partial charge is 0.369 e. The van der Waals surface area contributed by atoms with Gasteiger partial charge < -0.3 is 4.90 Å². The zero-order valence-electron chi connectivity index (χ0n) is 15.0. The summed E-state index contributed by atoms with van der Waals surface area (Å²) in [6.45, 7) is 3.65. The van der Waals surface area contributed by atoms with Crippen LogP contribution < -0.4 is 10.5 Å². The van der Waals surface area contributed by atoms with E-state index in [1.165, 1.54) is 16.5 Å². The van der Waals surface area contributed by atoms with Crippen molar-refractivity contribution in [3.63, 3.8) is 0 Å². The van der Waals surface area contributed by atoms with Crippen molar-refractivity contribution in [1.82, 2.24) is 14.3 Å². The van der Waals surface area contributed by atoms with Crippen LogP contribution in [0.3, 0.4) is 0 Å². The lowest BCUT2D eigenvalue weighted by Crippen LogP contribution is -2.46. The van der Waals surface area contributed by atoms with Gasteiger partial charge in [-0.2, -0.15) is 0 Å². The Morgan fingerprint density at radius 3 is 2.64 bits per heavy atom. The highest BCUT2D eigenvalue weighted by Gasteiger charge is 2.19. The van der Waals surface area contributed by atoms with Crippen LogP contribution >= 0.6 is 11.6 Å². The molecule has 0 atom stereocenters. The molecule has 4 rings (SSSR count). The van der Waals surface area contributed by atoms with Gasteiger partial charge in [-0.1, -0.05) is 17.7 Å². The second-order valence-corrected chi connectivity index (χ2v) is 7.14. The Bertz CT molecular complexity index is 1090. The Kier molecular flexibility index (Phi) is 4.97. The molecule has 9 heteroatoms. The van der Waals surface area contributed by atoms with Crippen molar-refractivity contribution >= 4 is 28.6 Å². The van der Waals surface area contributed by atoms with Crippen molar-refractivity contribution in [1.29, 1.82) is 0 Å². The molecule has 0 saturated carbocycles. The molecule has 3 heterocycles. The van der Waals surface area contributed by atoms with Crippen molar-refractivity contribution < 1.29 is 4.92 Å². The Balaban J connectivity index is 1.44. The van der Waals surface area contributed by atoms with E-state index in [9.17, 15) is 14.9 Å². The topological polar surface area (TPSA) is 84.0 Å². The number of fused-ring (bicyclic) bond motifs is 1. The summed E-state index contributed by atoms with van der Waals surface area (Å²) >= 11 is 5.94. The molecule has 3 aromatic rings. The molecule has 0 aliphatic carbocycles. The summed E-state index contributed by atoms with van der Waals surface area (Å²) in [6.07, 6.45) is 1.56. The maximum Gasteiger partial charge on any atom is 0.271 e. The van der Waals surface area contributed by atoms with Gasteiger partial charge in [0.25, 0.3) is 11.2 Å². The SMILES string of the molecule is O=c1cc(CN2CCN(c3cccc([N+](=O)[O-])c3)CC2)nc2ccc(Cl)cn12. The standard InChI is InChI=1S/C19H18ClN5O3/c20-14-4-5-18-21-15(10-19(26)24(18)12-14)13-22-6-8-23(9-7-22)16-2-1-3-17(11-16)25(27)28/h1-5,10-12H,6-9,13H2. The van der Waals surface area contributed by atoms with Crippen LogP contribution in [0.1, 0.15) is 5.69 Å². The Morgan fingerprint density at radius 2 is 1.89 bits per heavy atom. The van der Waals surface area contributed by atoms with E-state index in [1.807, 2.05) is 6.07 Å². The third-order valence-corrected chi connectivity index (χ3v) is 5.06. The molecule has 144 valence electrons. The van der Waals surface area contributed by atoms with E-state index in [2.05, 4.69) is 14.8 Å². The number of hydrogen-bond donors (Lipinski definition) is 0. The van der Waals surface area contributed by atoms with E-state index in [0.29, 0.717) is 17.2 Å². The predicted octanol–water partition coefficient (Wildman–Crippen LogP) is 2.58. The highest BCUT2D eigenvalue weighted by Crippen LogP contribution is 2.22. The summed E-state index contributed by atoms with van der Waals surface area (Å²) < 4.78 is 1.44. The van der Waals surface area contributed by atoms with E-state index in [0.717, 1.165) is 37.6 Å². The van der Waals surface area contributed by atoms with Gasteiger partial charge in [0.05, 0.1) is 15.6 Å². The van der Waals surface area contributed by atoms with E-state index < -0.39 is 0 Å². The van der Waals surface area contributed by atoms with Crippen molar-refractivity contribution in [2.24, 2.45) is 0 Å². The van der Waals surface area contributed by atoms with Gasteiger partial charge >= 0.3 is 0 Å². The lowest BCUT2D eigenvalue weighted by molar-refractivity contribution is -0.384. The van der Waals surface area contributed by atoms with Crippen LogP contribution in [0.2, 0.25) is 5.02 Å². The van der Waals surface area contributed by atoms with E-state index >= 15 is 0 Å². The van der Waals surface area contributed by atoms with E-state index in [-0.39, 0.29) is 16.2 Å². The first-order chi connectivity index (χ1) is 13.5. The van der Waals surface area contributed by atoms with Crippen LogP contribution in [0.15, 0.2) is 53.5 Å². The molecule has 28 heavy (non-hydrogen) atoms. The molecule has 1 aliphatic rings. The third kappa shape index (κ3) is 3.83. The van der Waals surface area contributed by atoms with Crippen LogP contribution in [0.4, 0.5) is 11.4 Å². The number of non-ortho nitro benzene ring substituents is 1. The van der Waals surface area contributed by atoms with E-state index in [1.54, 1.807) is 30.5 Å². The minimum atomic E-state index is -0.378. The number of aromatic nitrogens is 2. The molecule has 8 nitrogen and oxygen atoms in total. The molecule has 0 bridgehead atoms. The molecule has 1 fully saturated rings. The van der Waals surface area contributed by atoms with Crippen molar-refractivity contribution in [3.05, 3.63) is 79.8 Å². The number of pyridine rings is 1. The number of nitro groups is 1. The van der Waals surface area contributed by atoms with Gasteiger partial charge in [0.1, 0.15) is 5.65 Å². The number of rotatable bonds is 4. The normalized spacial score (nSPS) is 15.1. The minimum Gasteiger partial charge on any atom is -0.369 e. The van der Waals surface area contributed by atoms with Crippen LogP contribution in [0.5, 0.6) is 0 Å². The zero-order chi connectivity index (χ0) is 19.7. The Labute approximate surface area is 165 Å². The number of nitrogens with zero attached hydrogens (tertiary/aromatic N) is 5. The van der Waals surface area contributed by atoms with Crippen LogP contribution in [-0.4, -0.2) is 45.4 Å². The average molecular weight is 400 g/mol. The highest BCUT2D eigenvalue weighted by atomic mass is 35.5. The first-order valence-corrected chi connectivity index (χ1v) is 9.27. The second-order valence-electron chi connectivity index (χ2n) is 6.70. The molecule has 2 aromatic heterocycles. The van der Waals surface area contributed by atoms with Gasteiger partial charge in [0, 0.05) is 62.8 Å². The quantitative estimate of drug-likeness (QED) is 0.495. The highest BCUT2D eigenvalue weighted by molar-refractivity contribution is 6.30. The van der Waals surface area contributed by atoms with Crippen LogP contribution in [-0.2, 0) is 6.54 Å². The summed E-state index contributed by atoms with van der Waals surface area (Å²) in [5.74, 6) is 0. The second kappa shape index (κ2) is 7.57. The molecule has 1 aromatic carbocycles. The van der Waals surface area contributed by atoms with Crippen molar-refractivity contribution in [2.75, 3.05) is 31.1 Å². The van der Waals surface area contributed by atoms with Gasteiger partial charge in [-0.15, -0.1) is 0 Å². The Hall–Kier alpha value is -2.97. The fourth-order valence-electron chi connectivity index (χ4n) is 3.40.